The monoisotopic (exact) mass is 260 g/mol. The number of aryl methyl sites for hydroxylation is 2. The molecule has 102 valence electrons. The molecule has 0 saturated heterocycles. The molecule has 0 bridgehead atoms. The highest BCUT2D eigenvalue weighted by atomic mass is 16.4. The van der Waals surface area contributed by atoms with Crippen LogP contribution in [-0.2, 0) is 4.79 Å². The molecule has 0 amide bonds. The predicted octanol–water partition coefficient (Wildman–Crippen LogP) is 3.38. The first-order chi connectivity index (χ1) is 9.02. The molecule has 0 aromatic heterocycles. The molecule has 1 aromatic carbocycles. The lowest BCUT2D eigenvalue weighted by Crippen LogP contribution is -2.33. The molecule has 19 heavy (non-hydrogen) atoms. The average molecular weight is 260 g/mol. The van der Waals surface area contributed by atoms with Crippen molar-refractivity contribution in [2.75, 3.05) is 0 Å². The van der Waals surface area contributed by atoms with E-state index in [0.29, 0.717) is 12.8 Å². The van der Waals surface area contributed by atoms with Crippen LogP contribution in [0.2, 0.25) is 0 Å². The first kappa shape index (κ1) is 13.8. The van der Waals surface area contributed by atoms with E-state index < -0.39 is 11.9 Å². The number of hydrogen-bond acceptors (Lipinski definition) is 2. The Labute approximate surface area is 113 Å². The highest BCUT2D eigenvalue weighted by molar-refractivity contribution is 6.02. The third kappa shape index (κ3) is 2.70. The second-order valence-corrected chi connectivity index (χ2v) is 5.47. The van der Waals surface area contributed by atoms with Gasteiger partial charge in [-0.1, -0.05) is 31.0 Å². The fourth-order valence-electron chi connectivity index (χ4n) is 3.13. The summed E-state index contributed by atoms with van der Waals surface area (Å²) in [5.41, 5.74) is 2.61. The first-order valence-electron chi connectivity index (χ1n) is 6.85. The zero-order valence-electron chi connectivity index (χ0n) is 11.5. The molecule has 1 fully saturated rings. The van der Waals surface area contributed by atoms with E-state index in [1.165, 1.54) is 0 Å². The van der Waals surface area contributed by atoms with Crippen molar-refractivity contribution in [2.24, 2.45) is 11.8 Å². The number of carbonyl (C=O) groups excluding carboxylic acids is 1. The number of carboxylic acid groups (broad SMARTS) is 1. The van der Waals surface area contributed by atoms with Gasteiger partial charge in [-0.05, 0) is 37.8 Å². The van der Waals surface area contributed by atoms with Crippen molar-refractivity contribution in [2.45, 2.75) is 39.5 Å². The maximum Gasteiger partial charge on any atom is 0.307 e. The Morgan fingerprint density at radius 2 is 1.58 bits per heavy atom. The predicted molar refractivity (Wildman–Crippen MR) is 73.3 cm³/mol. The molecular weight excluding hydrogens is 240 g/mol. The molecule has 3 heteroatoms. The molecule has 0 aliphatic heterocycles. The minimum Gasteiger partial charge on any atom is -0.481 e. The van der Waals surface area contributed by atoms with Crippen molar-refractivity contribution in [3.63, 3.8) is 0 Å². The molecule has 2 rings (SSSR count). The van der Waals surface area contributed by atoms with E-state index in [-0.39, 0.29) is 11.7 Å². The van der Waals surface area contributed by atoms with Gasteiger partial charge in [0.1, 0.15) is 0 Å². The summed E-state index contributed by atoms with van der Waals surface area (Å²) in [5.74, 6) is -1.68. The summed E-state index contributed by atoms with van der Waals surface area (Å²) in [6, 6.07) is 5.76. The minimum absolute atomic E-state index is 0.0164. The van der Waals surface area contributed by atoms with Crippen molar-refractivity contribution >= 4 is 11.8 Å². The molecule has 1 aliphatic rings. The highest BCUT2D eigenvalue weighted by Crippen LogP contribution is 2.34. The molecule has 1 N–H and O–H groups in total. The lowest BCUT2D eigenvalue weighted by Gasteiger charge is -2.28. The lowest BCUT2D eigenvalue weighted by molar-refractivity contribution is -0.144. The van der Waals surface area contributed by atoms with Crippen LogP contribution in [0.15, 0.2) is 18.2 Å². The normalized spacial score (nSPS) is 23.1. The van der Waals surface area contributed by atoms with E-state index >= 15 is 0 Å². The van der Waals surface area contributed by atoms with Gasteiger partial charge in [0.15, 0.2) is 5.78 Å². The summed E-state index contributed by atoms with van der Waals surface area (Å²) >= 11 is 0. The standard InChI is InChI=1S/C16H20O3/c1-10-6-5-7-11(2)14(10)15(17)12-8-3-4-9-13(12)16(18)19/h5-7,12-13H,3-4,8-9H2,1-2H3,(H,18,19)/t12-,13+/m1/s1. The van der Waals surface area contributed by atoms with E-state index in [2.05, 4.69) is 0 Å². The molecule has 0 radical (unpaired) electrons. The molecule has 0 heterocycles. The van der Waals surface area contributed by atoms with Crippen LogP contribution in [-0.4, -0.2) is 16.9 Å². The maximum absolute atomic E-state index is 12.7. The zero-order chi connectivity index (χ0) is 14.0. The number of hydrogen-bond donors (Lipinski definition) is 1. The SMILES string of the molecule is Cc1cccc(C)c1C(=O)[C@@H]1CCCC[C@@H]1C(=O)O. The highest BCUT2D eigenvalue weighted by Gasteiger charge is 2.36. The largest absolute Gasteiger partial charge is 0.481 e. The maximum atomic E-state index is 12.7. The van der Waals surface area contributed by atoms with Gasteiger partial charge in [0.2, 0.25) is 0 Å². The van der Waals surface area contributed by atoms with Crippen LogP contribution >= 0.6 is 0 Å². The topological polar surface area (TPSA) is 54.4 Å². The van der Waals surface area contributed by atoms with E-state index in [0.717, 1.165) is 29.5 Å². The number of carbonyl (C=O) groups is 2. The van der Waals surface area contributed by atoms with Gasteiger partial charge in [-0.15, -0.1) is 0 Å². The second-order valence-electron chi connectivity index (χ2n) is 5.47. The smallest absolute Gasteiger partial charge is 0.307 e. The second kappa shape index (κ2) is 5.55. The number of ketones is 1. The van der Waals surface area contributed by atoms with E-state index in [1.54, 1.807) is 0 Å². The van der Waals surface area contributed by atoms with Gasteiger partial charge in [0.05, 0.1) is 5.92 Å². The molecular formula is C16H20O3. The van der Waals surface area contributed by atoms with Crippen molar-refractivity contribution < 1.29 is 14.7 Å². The summed E-state index contributed by atoms with van der Waals surface area (Å²) in [6.07, 6.45) is 3.18. The Balaban J connectivity index is 2.34. The van der Waals surface area contributed by atoms with Gasteiger partial charge in [0, 0.05) is 11.5 Å². The van der Waals surface area contributed by atoms with Crippen LogP contribution in [0.25, 0.3) is 0 Å². The molecule has 0 spiro atoms. The molecule has 1 saturated carbocycles. The zero-order valence-corrected chi connectivity index (χ0v) is 11.5. The van der Waals surface area contributed by atoms with E-state index in [4.69, 9.17) is 0 Å². The summed E-state index contributed by atoms with van der Waals surface area (Å²) in [7, 11) is 0. The quantitative estimate of drug-likeness (QED) is 0.848. The van der Waals surface area contributed by atoms with E-state index in [9.17, 15) is 14.7 Å². The fourth-order valence-corrected chi connectivity index (χ4v) is 3.13. The Hall–Kier alpha value is -1.64. The summed E-state index contributed by atoms with van der Waals surface area (Å²) in [6.45, 7) is 3.83. The van der Waals surface area contributed by atoms with Crippen LogP contribution < -0.4 is 0 Å². The number of Topliss-reactive ketones (excluding diaryl/α,β-unsaturated/α-hetero) is 1. The van der Waals surface area contributed by atoms with Crippen molar-refractivity contribution in [1.82, 2.24) is 0 Å². The van der Waals surface area contributed by atoms with Crippen LogP contribution in [0.1, 0.15) is 47.2 Å². The Bertz CT molecular complexity index is 484. The van der Waals surface area contributed by atoms with Crippen LogP contribution in [0, 0.1) is 25.7 Å². The van der Waals surface area contributed by atoms with Crippen molar-refractivity contribution in [3.8, 4) is 0 Å². The molecule has 2 atom stereocenters. The number of aliphatic carboxylic acids is 1. The molecule has 3 nitrogen and oxygen atoms in total. The average Bonchev–Trinajstić information content (AvgIpc) is 2.38. The van der Waals surface area contributed by atoms with Gasteiger partial charge < -0.3 is 5.11 Å². The Morgan fingerprint density at radius 1 is 1.05 bits per heavy atom. The number of carboxylic acids is 1. The summed E-state index contributed by atoms with van der Waals surface area (Å²) < 4.78 is 0. The van der Waals surface area contributed by atoms with Crippen molar-refractivity contribution in [3.05, 3.63) is 34.9 Å². The third-order valence-corrected chi connectivity index (χ3v) is 4.15. The summed E-state index contributed by atoms with van der Waals surface area (Å²) in [5, 5.41) is 9.29. The van der Waals surface area contributed by atoms with Gasteiger partial charge in [-0.3, -0.25) is 9.59 Å². The molecule has 0 unspecified atom stereocenters. The van der Waals surface area contributed by atoms with Gasteiger partial charge in [0.25, 0.3) is 0 Å². The molecule has 1 aliphatic carbocycles. The Kier molecular flexibility index (Phi) is 4.03. The van der Waals surface area contributed by atoms with Gasteiger partial charge >= 0.3 is 5.97 Å². The number of benzene rings is 1. The lowest BCUT2D eigenvalue weighted by atomic mass is 9.74. The minimum atomic E-state index is -0.829. The van der Waals surface area contributed by atoms with Gasteiger partial charge in [-0.2, -0.15) is 0 Å². The number of rotatable bonds is 3. The summed E-state index contributed by atoms with van der Waals surface area (Å²) in [4.78, 5) is 24.0. The van der Waals surface area contributed by atoms with Crippen LogP contribution in [0.4, 0.5) is 0 Å². The Morgan fingerprint density at radius 3 is 2.11 bits per heavy atom. The fraction of sp³-hybridized carbons (Fsp3) is 0.500. The first-order valence-corrected chi connectivity index (χ1v) is 6.85. The van der Waals surface area contributed by atoms with Crippen molar-refractivity contribution in [1.29, 1.82) is 0 Å². The van der Waals surface area contributed by atoms with Crippen LogP contribution in [0.5, 0.6) is 0 Å². The van der Waals surface area contributed by atoms with Crippen LogP contribution in [0.3, 0.4) is 0 Å². The van der Waals surface area contributed by atoms with Gasteiger partial charge in [-0.25, -0.2) is 0 Å². The van der Waals surface area contributed by atoms with E-state index in [1.807, 2.05) is 32.0 Å². The molecule has 1 aromatic rings. The third-order valence-electron chi connectivity index (χ3n) is 4.15.